The summed E-state index contributed by atoms with van der Waals surface area (Å²) in [5.41, 5.74) is 1.26. The van der Waals surface area contributed by atoms with Crippen molar-refractivity contribution in [3.63, 3.8) is 0 Å². The van der Waals surface area contributed by atoms with Crippen LogP contribution >= 0.6 is 0 Å². The Labute approximate surface area is 168 Å². The number of nitrogens with zero attached hydrogens (tertiary/aromatic N) is 4. The molecule has 150 valence electrons. The third kappa shape index (κ3) is 3.53. The van der Waals surface area contributed by atoms with Crippen molar-refractivity contribution >= 4 is 5.91 Å². The lowest BCUT2D eigenvalue weighted by molar-refractivity contribution is 0.0779. The van der Waals surface area contributed by atoms with Crippen molar-refractivity contribution in [1.29, 1.82) is 0 Å². The molecule has 1 amide bonds. The fraction of sp³-hybridized carbons (Fsp3) is 0.333. The summed E-state index contributed by atoms with van der Waals surface area (Å²) in [6.45, 7) is 3.14. The molecule has 2 unspecified atom stereocenters. The molecule has 1 fully saturated rings. The van der Waals surface area contributed by atoms with Crippen LogP contribution in [0.25, 0.3) is 11.4 Å². The number of carbonyl (C=O) groups is 1. The van der Waals surface area contributed by atoms with Gasteiger partial charge in [-0.3, -0.25) is 9.78 Å². The number of carbonyl (C=O) groups excluding carboxylic acids is 1. The van der Waals surface area contributed by atoms with Crippen molar-refractivity contribution in [2.75, 3.05) is 27.3 Å². The lowest BCUT2D eigenvalue weighted by Gasteiger charge is -2.19. The molecule has 2 aromatic heterocycles. The van der Waals surface area contributed by atoms with Gasteiger partial charge in [0.05, 0.1) is 20.1 Å². The molecule has 8 nitrogen and oxygen atoms in total. The van der Waals surface area contributed by atoms with Crippen molar-refractivity contribution in [3.05, 3.63) is 54.2 Å². The van der Waals surface area contributed by atoms with Gasteiger partial charge in [-0.2, -0.15) is 4.98 Å². The third-order valence-corrected chi connectivity index (χ3v) is 5.24. The highest BCUT2D eigenvalue weighted by molar-refractivity contribution is 6.00. The zero-order valence-corrected chi connectivity index (χ0v) is 16.5. The van der Waals surface area contributed by atoms with Gasteiger partial charge in [0.1, 0.15) is 17.1 Å². The number of rotatable bonds is 5. The maximum atomic E-state index is 13.2. The van der Waals surface area contributed by atoms with Crippen LogP contribution in [0.1, 0.15) is 29.1 Å². The van der Waals surface area contributed by atoms with E-state index in [1.807, 2.05) is 12.1 Å². The van der Waals surface area contributed by atoms with Gasteiger partial charge >= 0.3 is 0 Å². The molecular weight excluding hydrogens is 372 g/mol. The van der Waals surface area contributed by atoms with E-state index in [2.05, 4.69) is 22.0 Å². The van der Waals surface area contributed by atoms with Crippen LogP contribution in [0.3, 0.4) is 0 Å². The topological polar surface area (TPSA) is 90.6 Å². The van der Waals surface area contributed by atoms with Crippen LogP contribution in [-0.4, -0.2) is 53.2 Å². The first kappa shape index (κ1) is 18.9. The maximum Gasteiger partial charge on any atom is 0.261 e. The molecule has 2 atom stereocenters. The molecule has 8 heteroatoms. The summed E-state index contributed by atoms with van der Waals surface area (Å²) >= 11 is 0. The van der Waals surface area contributed by atoms with Crippen molar-refractivity contribution in [2.24, 2.45) is 5.92 Å². The number of hydrogen-bond donors (Lipinski definition) is 0. The van der Waals surface area contributed by atoms with Crippen LogP contribution in [-0.2, 0) is 0 Å². The van der Waals surface area contributed by atoms with E-state index in [0.29, 0.717) is 41.9 Å². The van der Waals surface area contributed by atoms with Gasteiger partial charge in [0.25, 0.3) is 5.91 Å². The number of amides is 1. The van der Waals surface area contributed by atoms with Crippen molar-refractivity contribution in [2.45, 2.75) is 12.8 Å². The molecule has 1 saturated heterocycles. The van der Waals surface area contributed by atoms with E-state index in [9.17, 15) is 4.79 Å². The molecule has 29 heavy (non-hydrogen) atoms. The molecule has 3 heterocycles. The Hall–Kier alpha value is -3.42. The number of benzene rings is 1. The summed E-state index contributed by atoms with van der Waals surface area (Å²) in [5.74, 6) is 2.03. The van der Waals surface area contributed by atoms with E-state index in [-0.39, 0.29) is 17.7 Å². The van der Waals surface area contributed by atoms with Crippen LogP contribution in [0.2, 0.25) is 0 Å². The second-order valence-electron chi connectivity index (χ2n) is 7.02. The number of hydrogen-bond acceptors (Lipinski definition) is 7. The Morgan fingerprint density at radius 2 is 1.79 bits per heavy atom. The Kier molecular flexibility index (Phi) is 5.16. The Bertz CT molecular complexity index is 983. The summed E-state index contributed by atoms with van der Waals surface area (Å²) in [7, 11) is 3.08. The lowest BCUT2D eigenvalue weighted by Crippen LogP contribution is -2.29. The van der Waals surface area contributed by atoms with Crippen molar-refractivity contribution in [1.82, 2.24) is 20.0 Å². The van der Waals surface area contributed by atoms with E-state index < -0.39 is 0 Å². The molecule has 1 aliphatic heterocycles. The van der Waals surface area contributed by atoms with Gasteiger partial charge in [-0.25, -0.2) is 0 Å². The van der Waals surface area contributed by atoms with Gasteiger partial charge < -0.3 is 18.9 Å². The van der Waals surface area contributed by atoms with Crippen molar-refractivity contribution in [3.8, 4) is 22.9 Å². The number of methoxy groups -OCH3 is 2. The zero-order chi connectivity index (χ0) is 20.4. The van der Waals surface area contributed by atoms with Crippen LogP contribution < -0.4 is 9.47 Å². The summed E-state index contributed by atoms with van der Waals surface area (Å²) in [6.07, 6.45) is 3.37. The first-order valence-corrected chi connectivity index (χ1v) is 9.36. The minimum absolute atomic E-state index is 0.0391. The second kappa shape index (κ2) is 7.90. The van der Waals surface area contributed by atoms with Crippen LogP contribution in [0.5, 0.6) is 11.5 Å². The normalized spacial score (nSPS) is 18.7. The Morgan fingerprint density at radius 1 is 1.10 bits per heavy atom. The van der Waals surface area contributed by atoms with Crippen LogP contribution in [0, 0.1) is 5.92 Å². The highest BCUT2D eigenvalue weighted by Crippen LogP contribution is 2.36. The van der Waals surface area contributed by atoms with Gasteiger partial charge in [0.2, 0.25) is 11.7 Å². The SMILES string of the molecule is COc1cccc(OC)c1C(=O)N1CC(C)C(c2nc(-c3ccncc3)no2)C1. The smallest absolute Gasteiger partial charge is 0.261 e. The number of ether oxygens (including phenoxy) is 2. The summed E-state index contributed by atoms with van der Waals surface area (Å²) in [6, 6.07) is 8.97. The van der Waals surface area contributed by atoms with Gasteiger partial charge in [-0.15, -0.1) is 0 Å². The fourth-order valence-corrected chi connectivity index (χ4v) is 3.68. The fourth-order valence-electron chi connectivity index (χ4n) is 3.68. The maximum absolute atomic E-state index is 13.2. The Balaban J connectivity index is 1.57. The monoisotopic (exact) mass is 394 g/mol. The number of pyridine rings is 1. The molecule has 0 radical (unpaired) electrons. The van der Waals surface area contributed by atoms with Gasteiger partial charge in [-0.1, -0.05) is 18.1 Å². The van der Waals surface area contributed by atoms with Gasteiger partial charge in [-0.05, 0) is 30.2 Å². The molecule has 4 rings (SSSR count). The standard InChI is InChI=1S/C21H22N4O4/c1-13-11-25(21(26)18-16(27-2)5-4-6-17(18)28-3)12-15(13)20-23-19(24-29-20)14-7-9-22-10-8-14/h4-10,13,15H,11-12H2,1-3H3. The minimum atomic E-state index is -0.137. The van der Waals surface area contributed by atoms with E-state index in [0.717, 1.165) is 5.56 Å². The highest BCUT2D eigenvalue weighted by atomic mass is 16.5. The molecule has 1 aromatic carbocycles. The first-order valence-electron chi connectivity index (χ1n) is 9.36. The molecule has 0 bridgehead atoms. The summed E-state index contributed by atoms with van der Waals surface area (Å²) in [5, 5.41) is 4.09. The van der Waals surface area contributed by atoms with E-state index in [4.69, 9.17) is 14.0 Å². The molecule has 0 N–H and O–H groups in total. The largest absolute Gasteiger partial charge is 0.496 e. The lowest BCUT2D eigenvalue weighted by atomic mass is 9.98. The average molecular weight is 394 g/mol. The van der Waals surface area contributed by atoms with Crippen LogP contribution in [0.15, 0.2) is 47.2 Å². The van der Waals surface area contributed by atoms with E-state index >= 15 is 0 Å². The highest BCUT2D eigenvalue weighted by Gasteiger charge is 2.38. The molecule has 1 aliphatic rings. The van der Waals surface area contributed by atoms with E-state index in [1.54, 1.807) is 49.7 Å². The predicted molar refractivity (Wildman–Crippen MR) is 105 cm³/mol. The van der Waals surface area contributed by atoms with E-state index in [1.165, 1.54) is 0 Å². The zero-order valence-electron chi connectivity index (χ0n) is 16.5. The quantitative estimate of drug-likeness (QED) is 0.657. The molecule has 0 spiro atoms. The Morgan fingerprint density at radius 3 is 2.45 bits per heavy atom. The number of likely N-dealkylation sites (tertiary alicyclic amines) is 1. The molecule has 3 aromatic rings. The van der Waals surface area contributed by atoms with Crippen molar-refractivity contribution < 1.29 is 18.8 Å². The first-order chi connectivity index (χ1) is 14.1. The molecular formula is C21H22N4O4. The second-order valence-corrected chi connectivity index (χ2v) is 7.02. The third-order valence-electron chi connectivity index (χ3n) is 5.24. The summed E-state index contributed by atoms with van der Waals surface area (Å²) in [4.78, 5) is 23.6. The minimum Gasteiger partial charge on any atom is -0.496 e. The van der Waals surface area contributed by atoms with Gasteiger partial charge in [0.15, 0.2) is 0 Å². The number of aromatic nitrogens is 3. The van der Waals surface area contributed by atoms with Gasteiger partial charge in [0, 0.05) is 31.0 Å². The molecule has 0 aliphatic carbocycles. The summed E-state index contributed by atoms with van der Waals surface area (Å²) < 4.78 is 16.3. The average Bonchev–Trinajstić information content (AvgIpc) is 3.40. The predicted octanol–water partition coefficient (Wildman–Crippen LogP) is 3.02. The molecule has 0 saturated carbocycles. The van der Waals surface area contributed by atoms with Crippen LogP contribution in [0.4, 0.5) is 0 Å².